The van der Waals surface area contributed by atoms with Crippen LogP contribution in [0.1, 0.15) is 24.8 Å². The van der Waals surface area contributed by atoms with Gasteiger partial charge in [-0.2, -0.15) is 0 Å². The molecule has 0 aliphatic carbocycles. The Kier molecular flexibility index (Phi) is 5.81. The van der Waals surface area contributed by atoms with E-state index in [-0.39, 0.29) is 27.8 Å². The van der Waals surface area contributed by atoms with Crippen LogP contribution in [0.3, 0.4) is 0 Å². The van der Waals surface area contributed by atoms with Crippen molar-refractivity contribution in [3.63, 3.8) is 0 Å². The first-order chi connectivity index (χ1) is 15.3. The molecule has 162 valence electrons. The zero-order valence-electron chi connectivity index (χ0n) is 16.9. The number of anilines is 1. The number of nitro benzene ring substituents is 1. The van der Waals surface area contributed by atoms with E-state index in [1.54, 1.807) is 0 Å². The zero-order chi connectivity index (χ0) is 23.0. The Labute approximate surface area is 191 Å². The number of fused-ring (bicyclic) bond motifs is 1. The second-order valence-corrected chi connectivity index (χ2v) is 8.31. The fraction of sp³-hybridized carbons (Fsp3) is 0.143. The van der Waals surface area contributed by atoms with Crippen molar-refractivity contribution < 1.29 is 14.5 Å². The average molecular weight is 470 g/mol. The molecule has 1 atom stereocenters. The quantitative estimate of drug-likeness (QED) is 0.312. The standard InChI is InChI=1S/C21H16ClN5O4S/c1-12(28)25(15-7-9-16(10-8-15)27(30)31)21-24-26(13(2)29)20(32-21)17-11-14-5-3-4-6-18(14)23-19(17)22/h3-11,20H,1-2H3. The fourth-order valence-electron chi connectivity index (χ4n) is 3.28. The van der Waals surface area contributed by atoms with Gasteiger partial charge in [-0.15, -0.1) is 5.10 Å². The van der Waals surface area contributed by atoms with E-state index in [9.17, 15) is 19.7 Å². The van der Waals surface area contributed by atoms with Crippen LogP contribution in [0.15, 0.2) is 59.7 Å². The highest BCUT2D eigenvalue weighted by atomic mass is 35.5. The molecule has 1 aromatic heterocycles. The van der Waals surface area contributed by atoms with Gasteiger partial charge in [0, 0.05) is 36.9 Å². The summed E-state index contributed by atoms with van der Waals surface area (Å²) in [5.41, 5.74) is 1.59. The number of nitro groups is 1. The Morgan fingerprint density at radius 2 is 1.84 bits per heavy atom. The van der Waals surface area contributed by atoms with Gasteiger partial charge >= 0.3 is 0 Å². The van der Waals surface area contributed by atoms with Crippen molar-refractivity contribution in [2.75, 3.05) is 4.90 Å². The van der Waals surface area contributed by atoms with Gasteiger partial charge in [0.15, 0.2) is 5.17 Å². The first-order valence-electron chi connectivity index (χ1n) is 9.41. The SMILES string of the molecule is CC(=O)N(C1=NN(C(C)=O)C(c2cc3ccccc3nc2Cl)S1)c1ccc([N+](=O)[O-])cc1. The molecule has 0 saturated carbocycles. The number of hydrazone groups is 1. The number of carbonyl (C=O) groups excluding carboxylic acids is 2. The molecule has 0 fully saturated rings. The van der Waals surface area contributed by atoms with Crippen LogP contribution in [0.2, 0.25) is 5.15 Å². The van der Waals surface area contributed by atoms with Crippen LogP contribution >= 0.6 is 23.4 Å². The van der Waals surface area contributed by atoms with E-state index in [4.69, 9.17) is 11.6 Å². The minimum Gasteiger partial charge on any atom is -0.274 e. The number of amides is 2. The van der Waals surface area contributed by atoms with Crippen LogP contribution in [-0.2, 0) is 9.59 Å². The maximum atomic E-state index is 12.5. The average Bonchev–Trinajstić information content (AvgIpc) is 3.18. The summed E-state index contributed by atoms with van der Waals surface area (Å²) in [6.45, 7) is 2.72. The number of hydrogen-bond acceptors (Lipinski definition) is 7. The third-order valence-corrected chi connectivity index (χ3v) is 6.21. The summed E-state index contributed by atoms with van der Waals surface area (Å²) in [5, 5.41) is 17.3. The van der Waals surface area contributed by atoms with Gasteiger partial charge in [0.05, 0.1) is 16.1 Å². The smallest absolute Gasteiger partial charge is 0.269 e. The maximum absolute atomic E-state index is 12.5. The number of hydrogen-bond donors (Lipinski definition) is 0. The lowest BCUT2D eigenvalue weighted by molar-refractivity contribution is -0.384. The van der Waals surface area contributed by atoms with Crippen molar-refractivity contribution in [2.24, 2.45) is 5.10 Å². The number of thioether (sulfide) groups is 1. The van der Waals surface area contributed by atoms with Crippen LogP contribution in [0.4, 0.5) is 11.4 Å². The number of rotatable bonds is 3. The lowest BCUT2D eigenvalue weighted by Crippen LogP contribution is -2.32. The second kappa shape index (κ2) is 8.56. The summed E-state index contributed by atoms with van der Waals surface area (Å²) in [6, 6.07) is 14.8. The van der Waals surface area contributed by atoms with Crippen LogP contribution < -0.4 is 4.90 Å². The van der Waals surface area contributed by atoms with Crippen LogP contribution in [0, 0.1) is 10.1 Å². The number of amidine groups is 1. The Hall–Kier alpha value is -3.50. The van der Waals surface area contributed by atoms with Gasteiger partial charge in [-0.3, -0.25) is 24.6 Å². The molecule has 1 unspecified atom stereocenters. The zero-order valence-corrected chi connectivity index (χ0v) is 18.5. The first kappa shape index (κ1) is 21.7. The first-order valence-corrected chi connectivity index (χ1v) is 10.7. The topological polar surface area (TPSA) is 109 Å². The lowest BCUT2D eigenvalue weighted by atomic mass is 10.1. The summed E-state index contributed by atoms with van der Waals surface area (Å²) in [4.78, 5) is 41.0. The van der Waals surface area contributed by atoms with Gasteiger partial charge in [0.1, 0.15) is 10.5 Å². The molecule has 11 heteroatoms. The Morgan fingerprint density at radius 1 is 1.16 bits per heavy atom. The number of halogens is 1. The Balaban J connectivity index is 1.73. The third-order valence-electron chi connectivity index (χ3n) is 4.75. The molecule has 4 rings (SSSR count). The maximum Gasteiger partial charge on any atom is 0.269 e. The van der Waals surface area contributed by atoms with Crippen molar-refractivity contribution in [3.05, 3.63) is 75.4 Å². The van der Waals surface area contributed by atoms with E-state index < -0.39 is 10.3 Å². The summed E-state index contributed by atoms with van der Waals surface area (Å²) >= 11 is 7.62. The van der Waals surface area contributed by atoms with Crippen molar-refractivity contribution in [2.45, 2.75) is 19.2 Å². The largest absolute Gasteiger partial charge is 0.274 e. The van der Waals surface area contributed by atoms with E-state index in [0.29, 0.717) is 11.3 Å². The molecule has 0 bridgehead atoms. The van der Waals surface area contributed by atoms with E-state index in [2.05, 4.69) is 10.1 Å². The van der Waals surface area contributed by atoms with Gasteiger partial charge in [0.25, 0.3) is 5.69 Å². The number of nitrogens with zero attached hydrogens (tertiary/aromatic N) is 5. The van der Waals surface area contributed by atoms with E-state index in [1.807, 2.05) is 30.3 Å². The van der Waals surface area contributed by atoms with Crippen molar-refractivity contribution in [1.82, 2.24) is 9.99 Å². The van der Waals surface area contributed by atoms with Gasteiger partial charge in [-0.05, 0) is 24.3 Å². The fourth-order valence-corrected chi connectivity index (χ4v) is 4.87. The summed E-state index contributed by atoms with van der Waals surface area (Å²) in [6.07, 6.45) is 0. The number of carbonyl (C=O) groups is 2. The Morgan fingerprint density at radius 3 is 2.47 bits per heavy atom. The van der Waals surface area contributed by atoms with Crippen molar-refractivity contribution in [1.29, 1.82) is 0 Å². The molecule has 0 N–H and O–H groups in total. The number of pyridine rings is 1. The number of para-hydroxylation sites is 1. The normalized spacial score (nSPS) is 15.5. The van der Waals surface area contributed by atoms with Gasteiger partial charge < -0.3 is 0 Å². The highest BCUT2D eigenvalue weighted by Crippen LogP contribution is 2.44. The molecular weight excluding hydrogens is 454 g/mol. The molecular formula is C21H16ClN5O4S. The second-order valence-electron chi connectivity index (χ2n) is 6.91. The molecule has 1 aliphatic rings. The molecule has 1 aliphatic heterocycles. The molecule has 2 amide bonds. The summed E-state index contributed by atoms with van der Waals surface area (Å²) in [5.74, 6) is -0.703. The van der Waals surface area contributed by atoms with Crippen LogP contribution in [0.5, 0.6) is 0 Å². The van der Waals surface area contributed by atoms with E-state index in [0.717, 1.165) is 10.9 Å². The molecule has 2 heterocycles. The molecule has 0 saturated heterocycles. The molecule has 0 radical (unpaired) electrons. The number of aromatic nitrogens is 1. The van der Waals surface area contributed by atoms with Gasteiger partial charge in [-0.1, -0.05) is 41.6 Å². The monoisotopic (exact) mass is 469 g/mol. The highest BCUT2D eigenvalue weighted by molar-refractivity contribution is 8.14. The van der Waals surface area contributed by atoms with E-state index in [1.165, 1.54) is 59.8 Å². The molecule has 9 nitrogen and oxygen atoms in total. The molecule has 0 spiro atoms. The summed E-state index contributed by atoms with van der Waals surface area (Å²) < 4.78 is 0. The minimum absolute atomic E-state index is 0.101. The van der Waals surface area contributed by atoms with Crippen molar-refractivity contribution in [3.8, 4) is 0 Å². The lowest BCUT2D eigenvalue weighted by Gasteiger charge is -2.21. The van der Waals surface area contributed by atoms with Crippen molar-refractivity contribution >= 4 is 62.6 Å². The van der Waals surface area contributed by atoms with E-state index >= 15 is 0 Å². The minimum atomic E-state index is -0.632. The van der Waals surface area contributed by atoms with Gasteiger partial charge in [-0.25, -0.2) is 9.99 Å². The predicted molar refractivity (Wildman–Crippen MR) is 123 cm³/mol. The Bertz CT molecular complexity index is 1280. The van der Waals surface area contributed by atoms with Crippen LogP contribution in [0.25, 0.3) is 10.9 Å². The number of benzene rings is 2. The van der Waals surface area contributed by atoms with Crippen LogP contribution in [-0.4, -0.2) is 31.9 Å². The number of non-ortho nitro benzene ring substituents is 1. The van der Waals surface area contributed by atoms with Gasteiger partial charge in [0.2, 0.25) is 11.8 Å². The highest BCUT2D eigenvalue weighted by Gasteiger charge is 2.37. The molecule has 2 aromatic carbocycles. The predicted octanol–water partition coefficient (Wildman–Crippen LogP) is 4.71. The third kappa shape index (κ3) is 4.02. The summed E-state index contributed by atoms with van der Waals surface area (Å²) in [7, 11) is 0. The molecule has 32 heavy (non-hydrogen) atoms. The molecule has 3 aromatic rings.